The number of sulfonamides is 1. The topological polar surface area (TPSA) is 58.6 Å². The lowest BCUT2D eigenvalue weighted by Crippen LogP contribution is -2.35. The first-order valence-electron chi connectivity index (χ1n) is 8.58. The third-order valence-electron chi connectivity index (χ3n) is 4.44. The largest absolute Gasteiger partial charge is 0.379 e. The highest BCUT2D eigenvalue weighted by atomic mass is 79.9. The van der Waals surface area contributed by atoms with Gasteiger partial charge in [-0.15, -0.1) is 0 Å². The molecule has 7 heteroatoms. The van der Waals surface area contributed by atoms with Crippen LogP contribution in [0.5, 0.6) is 0 Å². The van der Waals surface area contributed by atoms with Gasteiger partial charge in [-0.3, -0.25) is 4.90 Å². The van der Waals surface area contributed by atoms with Gasteiger partial charge in [-0.05, 0) is 41.8 Å². The summed E-state index contributed by atoms with van der Waals surface area (Å²) in [6.45, 7) is 6.52. The van der Waals surface area contributed by atoms with E-state index in [9.17, 15) is 8.42 Å². The number of halogens is 1. The molecule has 26 heavy (non-hydrogen) atoms. The summed E-state index contributed by atoms with van der Waals surface area (Å²) in [4.78, 5) is 2.64. The second-order valence-corrected chi connectivity index (χ2v) is 9.06. The van der Waals surface area contributed by atoms with Gasteiger partial charge in [0, 0.05) is 30.7 Å². The van der Waals surface area contributed by atoms with E-state index in [1.54, 1.807) is 18.2 Å². The molecule has 2 aromatic carbocycles. The monoisotopic (exact) mass is 438 g/mol. The molecule has 1 aliphatic heterocycles. The van der Waals surface area contributed by atoms with Crippen LogP contribution in [0.1, 0.15) is 16.7 Å². The number of hydrogen-bond donors (Lipinski definition) is 1. The highest BCUT2D eigenvalue weighted by Gasteiger charge is 2.15. The number of nitrogens with zero attached hydrogens (tertiary/aromatic N) is 1. The van der Waals surface area contributed by atoms with Gasteiger partial charge in [0.15, 0.2) is 0 Å². The Morgan fingerprint density at radius 3 is 2.38 bits per heavy atom. The summed E-state index contributed by atoms with van der Waals surface area (Å²) < 4.78 is 33.8. The number of benzene rings is 2. The zero-order valence-corrected chi connectivity index (χ0v) is 17.1. The molecule has 1 aliphatic rings. The van der Waals surface area contributed by atoms with Gasteiger partial charge in [0.25, 0.3) is 0 Å². The predicted octanol–water partition coefficient (Wildman–Crippen LogP) is 3.07. The van der Waals surface area contributed by atoms with Gasteiger partial charge in [-0.1, -0.05) is 40.2 Å². The van der Waals surface area contributed by atoms with E-state index >= 15 is 0 Å². The number of aryl methyl sites for hydroxylation is 1. The van der Waals surface area contributed by atoms with E-state index < -0.39 is 10.0 Å². The van der Waals surface area contributed by atoms with Crippen LogP contribution >= 0.6 is 15.9 Å². The normalized spacial score (nSPS) is 15.9. The summed E-state index contributed by atoms with van der Waals surface area (Å²) in [6, 6.07) is 13.1. The van der Waals surface area contributed by atoms with Gasteiger partial charge in [-0.25, -0.2) is 13.1 Å². The van der Waals surface area contributed by atoms with Crippen LogP contribution < -0.4 is 4.72 Å². The molecule has 0 atom stereocenters. The van der Waals surface area contributed by atoms with Gasteiger partial charge < -0.3 is 4.74 Å². The van der Waals surface area contributed by atoms with Gasteiger partial charge in [-0.2, -0.15) is 0 Å². The summed E-state index contributed by atoms with van der Waals surface area (Å²) in [5, 5.41) is 0. The van der Waals surface area contributed by atoms with Gasteiger partial charge in [0.05, 0.1) is 18.1 Å². The Morgan fingerprint density at radius 2 is 1.73 bits per heavy atom. The Balaban J connectivity index is 1.59. The van der Waals surface area contributed by atoms with Crippen molar-refractivity contribution in [3.63, 3.8) is 0 Å². The molecule has 0 aliphatic carbocycles. The third-order valence-corrected chi connectivity index (χ3v) is 6.73. The molecule has 0 aromatic heterocycles. The van der Waals surface area contributed by atoms with Crippen molar-refractivity contribution >= 4 is 26.0 Å². The van der Waals surface area contributed by atoms with Crippen molar-refractivity contribution in [3.05, 3.63) is 63.6 Å². The zero-order valence-electron chi connectivity index (χ0n) is 14.7. The Kier molecular flexibility index (Phi) is 6.47. The molecule has 1 N–H and O–H groups in total. The maximum atomic E-state index is 12.5. The van der Waals surface area contributed by atoms with Gasteiger partial charge in [0.2, 0.25) is 10.0 Å². The highest BCUT2D eigenvalue weighted by Crippen LogP contribution is 2.20. The first kappa shape index (κ1) is 19.5. The summed E-state index contributed by atoms with van der Waals surface area (Å²) in [5.41, 5.74) is 3.05. The quantitative estimate of drug-likeness (QED) is 0.752. The third kappa shape index (κ3) is 5.14. The SMILES string of the molecule is Cc1cc(S(=O)(=O)NCc2ccc(CN3CCOCC3)cc2)ccc1Br. The van der Waals surface area contributed by atoms with Crippen LogP contribution in [0.2, 0.25) is 0 Å². The van der Waals surface area contributed by atoms with Crippen molar-refractivity contribution in [1.82, 2.24) is 9.62 Å². The summed E-state index contributed by atoms with van der Waals surface area (Å²) >= 11 is 3.39. The Hall–Kier alpha value is -1.25. The standard InChI is InChI=1S/C19H23BrN2O3S/c1-15-12-18(6-7-19(15)20)26(23,24)21-13-16-2-4-17(5-3-16)14-22-8-10-25-11-9-22/h2-7,12,21H,8-11,13-14H2,1H3. The number of ether oxygens (including phenoxy) is 1. The molecule has 1 fully saturated rings. The molecule has 1 saturated heterocycles. The smallest absolute Gasteiger partial charge is 0.240 e. The van der Waals surface area contributed by atoms with E-state index in [0.29, 0.717) is 0 Å². The average molecular weight is 439 g/mol. The number of nitrogens with one attached hydrogen (secondary N) is 1. The second-order valence-electron chi connectivity index (χ2n) is 6.44. The van der Waals surface area contributed by atoms with Gasteiger partial charge in [0.1, 0.15) is 0 Å². The molecule has 1 heterocycles. The molecule has 0 unspecified atom stereocenters. The molecule has 0 saturated carbocycles. The Labute approximate surface area is 163 Å². The fraction of sp³-hybridized carbons (Fsp3) is 0.368. The molecule has 5 nitrogen and oxygen atoms in total. The fourth-order valence-corrected chi connectivity index (χ4v) is 4.18. The zero-order chi connectivity index (χ0) is 18.6. The minimum atomic E-state index is -3.52. The van der Waals surface area contributed by atoms with E-state index in [1.807, 2.05) is 19.1 Å². The van der Waals surface area contributed by atoms with E-state index in [4.69, 9.17) is 4.74 Å². The van der Waals surface area contributed by atoms with Crippen LogP contribution in [0, 0.1) is 6.92 Å². The van der Waals surface area contributed by atoms with Gasteiger partial charge >= 0.3 is 0 Å². The average Bonchev–Trinajstić information content (AvgIpc) is 2.64. The van der Waals surface area contributed by atoms with Crippen molar-refractivity contribution in [2.24, 2.45) is 0 Å². The molecular formula is C19H23BrN2O3S. The Bertz CT molecular complexity index is 848. The second kappa shape index (κ2) is 8.63. The summed E-state index contributed by atoms with van der Waals surface area (Å²) in [5.74, 6) is 0. The van der Waals surface area contributed by atoms with Crippen molar-refractivity contribution < 1.29 is 13.2 Å². The van der Waals surface area contributed by atoms with Crippen molar-refractivity contribution in [2.75, 3.05) is 26.3 Å². The first-order chi connectivity index (χ1) is 12.4. The van der Waals surface area contributed by atoms with Crippen LogP contribution in [0.3, 0.4) is 0 Å². The predicted molar refractivity (Wildman–Crippen MR) is 105 cm³/mol. The molecule has 140 valence electrons. The van der Waals surface area contributed by atoms with E-state index in [0.717, 1.165) is 48.4 Å². The van der Waals surface area contributed by atoms with E-state index in [1.165, 1.54) is 5.56 Å². The molecule has 0 spiro atoms. The summed E-state index contributed by atoms with van der Waals surface area (Å²) in [7, 11) is -3.52. The molecule has 0 radical (unpaired) electrons. The lowest BCUT2D eigenvalue weighted by atomic mass is 10.1. The van der Waals surface area contributed by atoms with E-state index in [-0.39, 0.29) is 11.4 Å². The fourth-order valence-electron chi connectivity index (χ4n) is 2.83. The van der Waals surface area contributed by atoms with Crippen molar-refractivity contribution in [2.45, 2.75) is 24.9 Å². The Morgan fingerprint density at radius 1 is 1.08 bits per heavy atom. The van der Waals surface area contributed by atoms with Crippen LogP contribution in [0.4, 0.5) is 0 Å². The molecular weight excluding hydrogens is 416 g/mol. The highest BCUT2D eigenvalue weighted by molar-refractivity contribution is 9.10. The number of morpholine rings is 1. The number of hydrogen-bond acceptors (Lipinski definition) is 4. The van der Waals surface area contributed by atoms with Crippen LogP contribution in [0.15, 0.2) is 51.8 Å². The minimum Gasteiger partial charge on any atom is -0.379 e. The lowest BCUT2D eigenvalue weighted by Gasteiger charge is -2.26. The minimum absolute atomic E-state index is 0.273. The molecule has 3 rings (SSSR count). The summed E-state index contributed by atoms with van der Waals surface area (Å²) in [6.07, 6.45) is 0. The van der Waals surface area contributed by atoms with E-state index in [2.05, 4.69) is 37.7 Å². The van der Waals surface area contributed by atoms with Crippen molar-refractivity contribution in [3.8, 4) is 0 Å². The molecule has 2 aromatic rings. The van der Waals surface area contributed by atoms with Crippen LogP contribution in [-0.2, 0) is 27.8 Å². The molecule has 0 bridgehead atoms. The maximum absolute atomic E-state index is 12.5. The van der Waals surface area contributed by atoms with Crippen molar-refractivity contribution in [1.29, 1.82) is 0 Å². The van der Waals surface area contributed by atoms with Crippen LogP contribution in [0.25, 0.3) is 0 Å². The maximum Gasteiger partial charge on any atom is 0.240 e. The molecule has 0 amide bonds. The number of rotatable bonds is 6. The van der Waals surface area contributed by atoms with Crippen LogP contribution in [-0.4, -0.2) is 39.6 Å². The lowest BCUT2D eigenvalue weighted by molar-refractivity contribution is 0.0342. The first-order valence-corrected chi connectivity index (χ1v) is 10.9.